The number of carbonyl (C=O) groups excluding carboxylic acids is 1. The number of anilines is 1. The van der Waals surface area contributed by atoms with Crippen molar-refractivity contribution in [3.63, 3.8) is 0 Å². The van der Waals surface area contributed by atoms with E-state index >= 15 is 0 Å². The van der Waals surface area contributed by atoms with Crippen molar-refractivity contribution in [1.29, 1.82) is 0 Å². The van der Waals surface area contributed by atoms with Gasteiger partial charge in [0.15, 0.2) is 5.82 Å². The fourth-order valence-electron chi connectivity index (χ4n) is 0.957. The maximum Gasteiger partial charge on any atom is 0.243 e. The van der Waals surface area contributed by atoms with Crippen LogP contribution >= 0.6 is 0 Å². The molecule has 0 aliphatic rings. The number of methoxy groups -OCH3 is 1. The summed E-state index contributed by atoms with van der Waals surface area (Å²) in [6.45, 7) is 0.0819. The Balaban J connectivity index is 2.62. The third-order valence-electron chi connectivity index (χ3n) is 1.71. The molecule has 3 N–H and O–H groups in total. The van der Waals surface area contributed by atoms with Crippen molar-refractivity contribution in [3.8, 4) is 0 Å². The summed E-state index contributed by atoms with van der Waals surface area (Å²) in [4.78, 5) is 14.9. The second-order valence-electron chi connectivity index (χ2n) is 2.91. The number of pyridine rings is 1. The van der Waals surface area contributed by atoms with Crippen molar-refractivity contribution in [3.05, 3.63) is 24.3 Å². The molecule has 1 unspecified atom stereocenters. The molecule has 1 aromatic heterocycles. The number of rotatable bonds is 4. The van der Waals surface area contributed by atoms with Crippen molar-refractivity contribution < 1.29 is 13.9 Å². The van der Waals surface area contributed by atoms with Gasteiger partial charge in [0, 0.05) is 13.3 Å². The van der Waals surface area contributed by atoms with Crippen LogP contribution in [0.5, 0.6) is 0 Å². The Morgan fingerprint density at radius 1 is 1.80 bits per heavy atom. The van der Waals surface area contributed by atoms with Gasteiger partial charge in [-0.05, 0) is 6.07 Å². The van der Waals surface area contributed by atoms with Crippen LogP contribution in [0.25, 0.3) is 0 Å². The van der Waals surface area contributed by atoms with E-state index in [4.69, 9.17) is 10.5 Å². The van der Waals surface area contributed by atoms with E-state index in [-0.39, 0.29) is 12.3 Å². The molecule has 1 atom stereocenters. The second kappa shape index (κ2) is 5.38. The number of amides is 1. The van der Waals surface area contributed by atoms with E-state index in [1.54, 1.807) is 0 Å². The molecule has 15 heavy (non-hydrogen) atoms. The predicted molar refractivity (Wildman–Crippen MR) is 52.7 cm³/mol. The maximum atomic E-state index is 13.0. The van der Waals surface area contributed by atoms with Crippen LogP contribution in [-0.2, 0) is 9.53 Å². The Morgan fingerprint density at radius 2 is 2.53 bits per heavy atom. The molecule has 0 aromatic carbocycles. The molecule has 0 spiro atoms. The number of hydrogen-bond acceptors (Lipinski definition) is 4. The van der Waals surface area contributed by atoms with Crippen LogP contribution in [0.4, 0.5) is 10.1 Å². The van der Waals surface area contributed by atoms with E-state index in [0.717, 1.165) is 6.20 Å². The van der Waals surface area contributed by atoms with Crippen molar-refractivity contribution in [2.75, 3.05) is 19.0 Å². The van der Waals surface area contributed by atoms with Gasteiger partial charge >= 0.3 is 0 Å². The highest BCUT2D eigenvalue weighted by Crippen LogP contribution is 2.10. The minimum atomic E-state index is -0.817. The molecule has 1 aromatic rings. The average Bonchev–Trinajstić information content (AvgIpc) is 2.21. The molecule has 6 heteroatoms. The smallest absolute Gasteiger partial charge is 0.243 e. The zero-order valence-corrected chi connectivity index (χ0v) is 8.24. The molecular weight excluding hydrogens is 201 g/mol. The van der Waals surface area contributed by atoms with Crippen LogP contribution in [0.1, 0.15) is 0 Å². The van der Waals surface area contributed by atoms with E-state index in [1.165, 1.54) is 19.4 Å². The van der Waals surface area contributed by atoms with Crippen molar-refractivity contribution >= 4 is 11.6 Å². The maximum absolute atomic E-state index is 13.0. The second-order valence-corrected chi connectivity index (χ2v) is 2.91. The number of nitrogens with one attached hydrogen (secondary N) is 1. The molecule has 0 fully saturated rings. The molecule has 0 saturated heterocycles. The molecule has 0 aliphatic heterocycles. The lowest BCUT2D eigenvalue weighted by Gasteiger charge is -2.11. The number of hydrogen-bond donors (Lipinski definition) is 2. The van der Waals surface area contributed by atoms with Crippen LogP contribution in [0.3, 0.4) is 0 Å². The summed E-state index contributed by atoms with van der Waals surface area (Å²) < 4.78 is 17.8. The zero-order valence-electron chi connectivity index (χ0n) is 8.24. The molecule has 1 amide bonds. The zero-order chi connectivity index (χ0) is 11.3. The number of nitrogens with two attached hydrogens (primary N) is 1. The number of halogens is 1. The molecule has 5 nitrogen and oxygen atoms in total. The first-order valence-corrected chi connectivity index (χ1v) is 4.30. The van der Waals surface area contributed by atoms with Gasteiger partial charge in [-0.15, -0.1) is 0 Å². The Labute approximate surface area is 86.4 Å². The van der Waals surface area contributed by atoms with Gasteiger partial charge in [-0.25, -0.2) is 4.39 Å². The number of ether oxygens (including phenoxy) is 1. The van der Waals surface area contributed by atoms with Crippen LogP contribution in [0, 0.1) is 5.82 Å². The number of nitrogens with zero attached hydrogens (tertiary/aromatic N) is 1. The topological polar surface area (TPSA) is 77.2 Å². The molecular formula is C9H12FN3O2. The summed E-state index contributed by atoms with van der Waals surface area (Å²) in [6, 6.07) is 0.537. The molecule has 0 bridgehead atoms. The molecule has 0 radical (unpaired) electrons. The molecule has 82 valence electrons. The summed E-state index contributed by atoms with van der Waals surface area (Å²) in [5.74, 6) is -1.10. The van der Waals surface area contributed by atoms with E-state index in [0.29, 0.717) is 0 Å². The van der Waals surface area contributed by atoms with Gasteiger partial charge in [0.05, 0.1) is 18.5 Å². The third-order valence-corrected chi connectivity index (χ3v) is 1.71. The minimum absolute atomic E-state index is 0.0570. The predicted octanol–water partition coefficient (Wildman–Crippen LogP) is 0.133. The largest absolute Gasteiger partial charge is 0.383 e. The highest BCUT2D eigenvalue weighted by atomic mass is 19.1. The quantitative estimate of drug-likeness (QED) is 0.745. The van der Waals surface area contributed by atoms with Gasteiger partial charge in [0.25, 0.3) is 0 Å². The first-order chi connectivity index (χ1) is 7.15. The van der Waals surface area contributed by atoms with Crippen molar-refractivity contribution in [2.45, 2.75) is 6.04 Å². The normalized spacial score (nSPS) is 12.2. The Hall–Kier alpha value is -1.53. The summed E-state index contributed by atoms with van der Waals surface area (Å²) >= 11 is 0. The molecule has 0 aliphatic carbocycles. The fraction of sp³-hybridized carbons (Fsp3) is 0.333. The summed E-state index contributed by atoms with van der Waals surface area (Å²) in [5, 5.41) is 2.34. The fourth-order valence-corrected chi connectivity index (χ4v) is 0.957. The summed E-state index contributed by atoms with van der Waals surface area (Å²) in [6.07, 6.45) is 2.39. The van der Waals surface area contributed by atoms with E-state index < -0.39 is 17.8 Å². The van der Waals surface area contributed by atoms with Crippen molar-refractivity contribution in [1.82, 2.24) is 4.98 Å². The third kappa shape index (κ3) is 3.26. The molecule has 1 rings (SSSR count). The summed E-state index contributed by atoms with van der Waals surface area (Å²) in [7, 11) is 1.43. The van der Waals surface area contributed by atoms with Gasteiger partial charge in [-0.2, -0.15) is 0 Å². The number of aromatic nitrogens is 1. The summed E-state index contributed by atoms with van der Waals surface area (Å²) in [5.41, 5.74) is 5.51. The van der Waals surface area contributed by atoms with Gasteiger partial charge in [-0.1, -0.05) is 0 Å². The van der Waals surface area contributed by atoms with Crippen molar-refractivity contribution in [2.24, 2.45) is 5.73 Å². The monoisotopic (exact) mass is 213 g/mol. The van der Waals surface area contributed by atoms with Crippen LogP contribution in [0.2, 0.25) is 0 Å². The molecule has 0 saturated carbocycles. The van der Waals surface area contributed by atoms with Gasteiger partial charge < -0.3 is 15.8 Å². The van der Waals surface area contributed by atoms with E-state index in [9.17, 15) is 9.18 Å². The minimum Gasteiger partial charge on any atom is -0.383 e. The van der Waals surface area contributed by atoms with Gasteiger partial charge in [-0.3, -0.25) is 9.78 Å². The van der Waals surface area contributed by atoms with E-state index in [2.05, 4.69) is 10.3 Å². The lowest BCUT2D eigenvalue weighted by molar-refractivity contribution is -0.118. The van der Waals surface area contributed by atoms with Crippen LogP contribution < -0.4 is 11.1 Å². The SMILES string of the molecule is COCC(N)C(=O)Nc1ccncc1F. The van der Waals surface area contributed by atoms with E-state index in [1.807, 2.05) is 0 Å². The van der Waals surface area contributed by atoms with Crippen LogP contribution in [0.15, 0.2) is 18.5 Å². The number of carbonyl (C=O) groups is 1. The lowest BCUT2D eigenvalue weighted by atomic mass is 10.3. The van der Waals surface area contributed by atoms with Gasteiger partial charge in [0.1, 0.15) is 6.04 Å². The standard InChI is InChI=1S/C9H12FN3O2/c1-15-5-7(11)9(14)13-8-2-3-12-4-6(8)10/h2-4,7H,5,11H2,1H3,(H,12,13,14). The van der Waals surface area contributed by atoms with Gasteiger partial charge in [0.2, 0.25) is 5.91 Å². The first kappa shape index (κ1) is 11.5. The highest BCUT2D eigenvalue weighted by molar-refractivity contribution is 5.94. The lowest BCUT2D eigenvalue weighted by Crippen LogP contribution is -2.39. The molecule has 1 heterocycles. The highest BCUT2D eigenvalue weighted by Gasteiger charge is 2.14. The Bertz CT molecular complexity index is 346. The average molecular weight is 213 g/mol. The first-order valence-electron chi connectivity index (χ1n) is 4.30. The Kier molecular flexibility index (Phi) is 4.14. The Morgan fingerprint density at radius 3 is 3.13 bits per heavy atom. The van der Waals surface area contributed by atoms with Crippen LogP contribution in [-0.4, -0.2) is 30.6 Å².